The molecule has 0 radical (unpaired) electrons. The summed E-state index contributed by atoms with van der Waals surface area (Å²) in [6.45, 7) is 2.20. The zero-order valence-electron chi connectivity index (χ0n) is 15.6. The predicted octanol–water partition coefficient (Wildman–Crippen LogP) is 6.71. The smallest absolute Gasteiger partial charge is 0.188 e. The molecule has 0 bridgehead atoms. The fraction of sp³-hybridized carbons (Fsp3) is 0.167. The van der Waals surface area contributed by atoms with Gasteiger partial charge in [0.05, 0.1) is 11.4 Å². The summed E-state index contributed by atoms with van der Waals surface area (Å²) in [5, 5.41) is 0.839. The molecule has 136 valence electrons. The maximum Gasteiger partial charge on any atom is 0.188 e. The lowest BCUT2D eigenvalue weighted by molar-refractivity contribution is 0.886. The maximum absolute atomic E-state index is 4.71. The normalized spacial score (nSPS) is 11.4. The van der Waals surface area contributed by atoms with Crippen LogP contribution >= 0.6 is 11.8 Å². The highest BCUT2D eigenvalue weighted by molar-refractivity contribution is 7.99. The van der Waals surface area contributed by atoms with E-state index in [2.05, 4.69) is 55.5 Å². The van der Waals surface area contributed by atoms with E-state index in [0.29, 0.717) is 0 Å². The molecular weight excluding hydrogens is 348 g/mol. The van der Waals surface area contributed by atoms with Crippen molar-refractivity contribution >= 4 is 36.1 Å². The summed E-state index contributed by atoms with van der Waals surface area (Å²) in [4.78, 5) is 9.41. The van der Waals surface area contributed by atoms with Gasteiger partial charge in [0.15, 0.2) is 5.16 Å². The Labute approximate surface area is 166 Å². The van der Waals surface area contributed by atoms with Crippen molar-refractivity contribution in [1.82, 2.24) is 9.97 Å². The summed E-state index contributed by atoms with van der Waals surface area (Å²) in [5.41, 5.74) is 4.19. The Balaban J connectivity index is 1.83. The molecule has 0 unspecified atom stereocenters. The molecule has 1 aromatic heterocycles. The van der Waals surface area contributed by atoms with Crippen molar-refractivity contribution in [2.45, 2.75) is 24.9 Å². The largest absolute Gasteiger partial charge is 0.223 e. The molecule has 0 atom stereocenters. The van der Waals surface area contributed by atoms with Crippen LogP contribution in [-0.4, -0.2) is 15.7 Å². The highest BCUT2D eigenvalue weighted by atomic mass is 32.2. The minimum Gasteiger partial charge on any atom is -0.223 e. The van der Waals surface area contributed by atoms with E-state index in [0.717, 1.165) is 33.4 Å². The number of hydrogen-bond donors (Lipinski definition) is 0. The molecule has 0 amide bonds. The lowest BCUT2D eigenvalue weighted by atomic mass is 10.2. The third kappa shape index (κ3) is 6.54. The Bertz CT molecular complexity index is 819. The molecule has 0 fully saturated rings. The quantitative estimate of drug-likeness (QED) is 0.250. The van der Waals surface area contributed by atoms with Gasteiger partial charge in [0.25, 0.3) is 0 Å². The van der Waals surface area contributed by atoms with Crippen LogP contribution < -0.4 is 0 Å². The van der Waals surface area contributed by atoms with E-state index < -0.39 is 0 Å². The molecule has 2 nitrogen and oxygen atoms in total. The molecule has 0 aliphatic rings. The summed E-state index contributed by atoms with van der Waals surface area (Å²) < 4.78 is 0. The summed E-state index contributed by atoms with van der Waals surface area (Å²) in [6.07, 6.45) is 10.6. The van der Waals surface area contributed by atoms with E-state index in [1.54, 1.807) is 11.8 Å². The van der Waals surface area contributed by atoms with Crippen LogP contribution in [0.15, 0.2) is 71.9 Å². The van der Waals surface area contributed by atoms with Gasteiger partial charge in [-0.1, -0.05) is 97.9 Å². The van der Waals surface area contributed by atoms with Crippen LogP contribution in [0.4, 0.5) is 0 Å². The van der Waals surface area contributed by atoms with Crippen molar-refractivity contribution in [3.8, 4) is 0 Å². The van der Waals surface area contributed by atoms with Crippen LogP contribution in [0, 0.1) is 0 Å². The fourth-order valence-corrected chi connectivity index (χ4v) is 3.45. The zero-order valence-corrected chi connectivity index (χ0v) is 16.4. The van der Waals surface area contributed by atoms with Crippen molar-refractivity contribution in [2.24, 2.45) is 0 Å². The van der Waals surface area contributed by atoms with Gasteiger partial charge in [-0.05, 0) is 35.8 Å². The Morgan fingerprint density at radius 2 is 1.26 bits per heavy atom. The number of hydrogen-bond acceptors (Lipinski definition) is 3. The molecule has 27 heavy (non-hydrogen) atoms. The standard InChI is InChI=1S/C24H24N2S/c1-2-3-18-27-24-25-22(16-14-20-10-6-4-7-11-20)19-23(26-24)17-15-21-12-8-5-9-13-21/h4-17,19H,2-3,18H2,1H3/b16-14+,17-15+. The van der Waals surface area contributed by atoms with Crippen molar-refractivity contribution < 1.29 is 0 Å². The first-order chi connectivity index (χ1) is 13.3. The van der Waals surface area contributed by atoms with E-state index in [-0.39, 0.29) is 0 Å². The average Bonchev–Trinajstić information content (AvgIpc) is 2.72. The summed E-state index contributed by atoms with van der Waals surface area (Å²) in [6, 6.07) is 22.6. The highest BCUT2D eigenvalue weighted by Crippen LogP contribution is 2.19. The minimum absolute atomic E-state index is 0.839. The molecule has 0 aliphatic heterocycles. The van der Waals surface area contributed by atoms with Gasteiger partial charge in [0.1, 0.15) is 0 Å². The van der Waals surface area contributed by atoms with Crippen molar-refractivity contribution in [3.63, 3.8) is 0 Å². The van der Waals surface area contributed by atoms with E-state index in [1.807, 2.05) is 42.5 Å². The number of nitrogens with zero attached hydrogens (tertiary/aromatic N) is 2. The van der Waals surface area contributed by atoms with E-state index in [1.165, 1.54) is 12.8 Å². The molecule has 1 heterocycles. The number of thioether (sulfide) groups is 1. The monoisotopic (exact) mass is 372 g/mol. The Kier molecular flexibility index (Phi) is 7.43. The lowest BCUT2D eigenvalue weighted by Crippen LogP contribution is -1.94. The summed E-state index contributed by atoms with van der Waals surface area (Å²) >= 11 is 1.73. The molecule has 0 saturated heterocycles. The summed E-state index contributed by atoms with van der Waals surface area (Å²) in [5.74, 6) is 1.05. The molecule has 0 N–H and O–H groups in total. The van der Waals surface area contributed by atoms with Gasteiger partial charge < -0.3 is 0 Å². The number of benzene rings is 2. The number of unbranched alkanes of at least 4 members (excludes halogenated alkanes) is 1. The summed E-state index contributed by atoms with van der Waals surface area (Å²) in [7, 11) is 0. The van der Waals surface area contributed by atoms with Crippen LogP contribution in [0.1, 0.15) is 42.3 Å². The van der Waals surface area contributed by atoms with Crippen LogP contribution in [0.3, 0.4) is 0 Å². The Hall–Kier alpha value is -2.65. The molecule has 3 heteroatoms. The van der Waals surface area contributed by atoms with Gasteiger partial charge in [-0.3, -0.25) is 0 Å². The molecular formula is C24H24N2S. The van der Waals surface area contributed by atoms with Gasteiger partial charge in [0.2, 0.25) is 0 Å². The minimum atomic E-state index is 0.839. The first kappa shape index (κ1) is 19.1. The molecule has 0 saturated carbocycles. The van der Waals surface area contributed by atoms with Crippen molar-refractivity contribution in [3.05, 3.63) is 89.2 Å². The van der Waals surface area contributed by atoms with Gasteiger partial charge in [-0.25, -0.2) is 9.97 Å². The van der Waals surface area contributed by atoms with Crippen LogP contribution in [-0.2, 0) is 0 Å². The van der Waals surface area contributed by atoms with Gasteiger partial charge >= 0.3 is 0 Å². The number of rotatable bonds is 8. The fourth-order valence-electron chi connectivity index (χ4n) is 2.50. The van der Waals surface area contributed by atoms with Crippen molar-refractivity contribution in [2.75, 3.05) is 5.75 Å². The van der Waals surface area contributed by atoms with Gasteiger partial charge in [0, 0.05) is 5.75 Å². The first-order valence-corrected chi connectivity index (χ1v) is 10.3. The van der Waals surface area contributed by atoms with Crippen LogP contribution in [0.2, 0.25) is 0 Å². The Morgan fingerprint density at radius 3 is 1.74 bits per heavy atom. The molecule has 0 aliphatic carbocycles. The maximum atomic E-state index is 4.71. The Morgan fingerprint density at radius 1 is 0.741 bits per heavy atom. The predicted molar refractivity (Wildman–Crippen MR) is 118 cm³/mol. The second-order valence-electron chi connectivity index (χ2n) is 6.19. The molecule has 0 spiro atoms. The van der Waals surface area contributed by atoms with Gasteiger partial charge in [-0.2, -0.15) is 0 Å². The third-order valence-electron chi connectivity index (χ3n) is 3.97. The topological polar surface area (TPSA) is 25.8 Å². The van der Waals surface area contributed by atoms with E-state index >= 15 is 0 Å². The van der Waals surface area contributed by atoms with E-state index in [9.17, 15) is 0 Å². The van der Waals surface area contributed by atoms with E-state index in [4.69, 9.17) is 9.97 Å². The SMILES string of the molecule is CCCCSc1nc(/C=C/c2ccccc2)cc(/C=C/c2ccccc2)n1. The van der Waals surface area contributed by atoms with Crippen LogP contribution in [0.25, 0.3) is 24.3 Å². The lowest BCUT2D eigenvalue weighted by Gasteiger charge is -2.03. The van der Waals surface area contributed by atoms with Gasteiger partial charge in [-0.15, -0.1) is 0 Å². The van der Waals surface area contributed by atoms with Crippen LogP contribution in [0.5, 0.6) is 0 Å². The highest BCUT2D eigenvalue weighted by Gasteiger charge is 2.02. The molecule has 3 rings (SSSR count). The second kappa shape index (κ2) is 10.5. The average molecular weight is 373 g/mol. The number of aromatic nitrogens is 2. The molecule has 3 aromatic rings. The second-order valence-corrected chi connectivity index (χ2v) is 7.25. The first-order valence-electron chi connectivity index (χ1n) is 9.31. The molecule has 2 aromatic carbocycles. The zero-order chi connectivity index (χ0) is 18.7. The third-order valence-corrected chi connectivity index (χ3v) is 4.90. The van der Waals surface area contributed by atoms with Crippen molar-refractivity contribution in [1.29, 1.82) is 0 Å².